The number of thioether (sulfide) groups is 1. The molecule has 0 aliphatic heterocycles. The van der Waals surface area contributed by atoms with Crippen LogP contribution in [-0.2, 0) is 0 Å². The van der Waals surface area contributed by atoms with Crippen molar-refractivity contribution in [1.29, 1.82) is 0 Å². The Bertz CT molecular complexity index is 384. The van der Waals surface area contributed by atoms with Gasteiger partial charge < -0.3 is 11.1 Å². The van der Waals surface area contributed by atoms with E-state index in [1.807, 2.05) is 0 Å². The molecule has 0 spiro atoms. The van der Waals surface area contributed by atoms with E-state index in [1.165, 1.54) is 0 Å². The Labute approximate surface area is 99.3 Å². The molecular formula is C8H11F3N4OS. The number of aryl methyl sites for hydroxylation is 1. The van der Waals surface area contributed by atoms with Crippen LogP contribution in [0.3, 0.4) is 0 Å². The fourth-order valence-corrected chi connectivity index (χ4v) is 1.59. The second-order valence-corrected chi connectivity index (χ2v) is 4.32. The minimum Gasteiger partial charge on any atom is -0.382 e. The monoisotopic (exact) mass is 268 g/mol. The number of nitrogens with one attached hydrogen (secondary N) is 2. The summed E-state index contributed by atoms with van der Waals surface area (Å²) in [6.07, 6.45) is 0. The van der Waals surface area contributed by atoms with Crippen molar-refractivity contribution >= 4 is 23.5 Å². The number of nitrogen functional groups attached to an aromatic ring is 1. The highest BCUT2D eigenvalue weighted by atomic mass is 32.2. The number of anilines is 1. The minimum atomic E-state index is -4.28. The maximum absolute atomic E-state index is 11.8. The van der Waals surface area contributed by atoms with E-state index >= 15 is 0 Å². The van der Waals surface area contributed by atoms with Crippen molar-refractivity contribution in [1.82, 2.24) is 15.5 Å². The number of hydrogen-bond acceptors (Lipinski definition) is 4. The second kappa shape index (κ2) is 5.30. The molecule has 0 saturated heterocycles. The molecule has 0 aromatic carbocycles. The van der Waals surface area contributed by atoms with Crippen LogP contribution in [0.25, 0.3) is 0 Å². The predicted molar refractivity (Wildman–Crippen MR) is 58.6 cm³/mol. The standard InChI is InChI=1S/C8H11F3N4OS/c1-4-5(6(12)15-14-4)7(16)13-2-3-17-8(9,10)11/h2-3H2,1H3,(H,13,16)(H3,12,14,15). The number of rotatable bonds is 4. The zero-order valence-electron chi connectivity index (χ0n) is 8.89. The molecule has 1 rings (SSSR count). The summed E-state index contributed by atoms with van der Waals surface area (Å²) in [5, 5.41) is 8.46. The van der Waals surface area contributed by atoms with Gasteiger partial charge in [-0.3, -0.25) is 9.89 Å². The Hall–Kier alpha value is -1.38. The van der Waals surface area contributed by atoms with Gasteiger partial charge in [0.05, 0.1) is 0 Å². The fourth-order valence-electron chi connectivity index (χ4n) is 1.15. The van der Waals surface area contributed by atoms with Gasteiger partial charge in [-0.2, -0.15) is 18.3 Å². The van der Waals surface area contributed by atoms with Crippen LogP contribution in [0.1, 0.15) is 16.1 Å². The van der Waals surface area contributed by atoms with Gasteiger partial charge in [0.25, 0.3) is 5.91 Å². The molecule has 0 bridgehead atoms. The van der Waals surface area contributed by atoms with Gasteiger partial charge in [-0.15, -0.1) is 0 Å². The summed E-state index contributed by atoms with van der Waals surface area (Å²) < 4.78 is 35.4. The number of nitrogens with zero attached hydrogens (tertiary/aromatic N) is 1. The molecule has 0 aliphatic carbocycles. The summed E-state index contributed by atoms with van der Waals surface area (Å²) >= 11 is -0.188. The molecule has 0 atom stereocenters. The number of amides is 1. The second-order valence-electron chi connectivity index (χ2n) is 3.16. The fraction of sp³-hybridized carbons (Fsp3) is 0.500. The molecule has 0 aliphatic rings. The summed E-state index contributed by atoms with van der Waals surface area (Å²) in [6.45, 7) is 1.51. The lowest BCUT2D eigenvalue weighted by atomic mass is 10.2. The molecule has 1 aromatic heterocycles. The van der Waals surface area contributed by atoms with E-state index in [9.17, 15) is 18.0 Å². The highest BCUT2D eigenvalue weighted by Crippen LogP contribution is 2.29. The van der Waals surface area contributed by atoms with Gasteiger partial charge in [-0.1, -0.05) is 0 Å². The van der Waals surface area contributed by atoms with Crippen LogP contribution < -0.4 is 11.1 Å². The summed E-state index contributed by atoms with van der Waals surface area (Å²) in [7, 11) is 0. The van der Waals surface area contributed by atoms with Crippen LogP contribution in [0.4, 0.5) is 19.0 Å². The van der Waals surface area contributed by atoms with E-state index in [-0.39, 0.29) is 35.4 Å². The Morgan fingerprint density at radius 1 is 1.59 bits per heavy atom. The molecule has 0 fully saturated rings. The van der Waals surface area contributed by atoms with Crippen molar-refractivity contribution in [2.45, 2.75) is 12.4 Å². The number of aromatic amines is 1. The summed E-state index contributed by atoms with van der Waals surface area (Å²) in [5.41, 5.74) is 1.79. The Balaban J connectivity index is 2.41. The highest BCUT2D eigenvalue weighted by Gasteiger charge is 2.27. The largest absolute Gasteiger partial charge is 0.441 e. The Morgan fingerprint density at radius 2 is 2.24 bits per heavy atom. The maximum atomic E-state index is 11.8. The molecule has 1 aromatic rings. The predicted octanol–water partition coefficient (Wildman–Crippen LogP) is 1.28. The lowest BCUT2D eigenvalue weighted by Crippen LogP contribution is -2.27. The number of halogens is 3. The average molecular weight is 268 g/mol. The summed E-state index contributed by atoms with van der Waals surface area (Å²) in [5.74, 6) is -0.744. The molecule has 1 heterocycles. The van der Waals surface area contributed by atoms with Gasteiger partial charge in [0.15, 0.2) is 5.82 Å². The summed E-state index contributed by atoms with van der Waals surface area (Å²) in [6, 6.07) is 0. The zero-order valence-corrected chi connectivity index (χ0v) is 9.71. The molecule has 4 N–H and O–H groups in total. The van der Waals surface area contributed by atoms with Gasteiger partial charge >= 0.3 is 5.51 Å². The number of aromatic nitrogens is 2. The van der Waals surface area contributed by atoms with Crippen molar-refractivity contribution < 1.29 is 18.0 Å². The summed E-state index contributed by atoms with van der Waals surface area (Å²) in [4.78, 5) is 11.5. The molecule has 5 nitrogen and oxygen atoms in total. The van der Waals surface area contributed by atoms with Crippen LogP contribution in [0, 0.1) is 6.92 Å². The average Bonchev–Trinajstić information content (AvgIpc) is 2.52. The Morgan fingerprint density at radius 3 is 2.71 bits per heavy atom. The van der Waals surface area contributed by atoms with Crippen molar-refractivity contribution in [3.63, 3.8) is 0 Å². The lowest BCUT2D eigenvalue weighted by Gasteiger charge is -2.07. The van der Waals surface area contributed by atoms with E-state index < -0.39 is 11.4 Å². The van der Waals surface area contributed by atoms with Gasteiger partial charge in [-0.25, -0.2) is 0 Å². The first kappa shape index (κ1) is 13.7. The highest BCUT2D eigenvalue weighted by molar-refractivity contribution is 8.00. The first-order valence-electron chi connectivity index (χ1n) is 4.60. The SMILES string of the molecule is Cc1[nH]nc(N)c1C(=O)NCCSC(F)(F)F. The quantitative estimate of drug-likeness (QED) is 0.718. The first-order chi connectivity index (χ1) is 7.81. The molecule has 96 valence electrons. The molecular weight excluding hydrogens is 257 g/mol. The van der Waals surface area contributed by atoms with Crippen LogP contribution >= 0.6 is 11.8 Å². The van der Waals surface area contributed by atoms with Crippen molar-refractivity contribution in [2.24, 2.45) is 0 Å². The van der Waals surface area contributed by atoms with Gasteiger partial charge in [0, 0.05) is 18.0 Å². The molecule has 0 unspecified atom stereocenters. The van der Waals surface area contributed by atoms with Crippen LogP contribution in [0.2, 0.25) is 0 Å². The number of hydrogen-bond donors (Lipinski definition) is 3. The minimum absolute atomic E-state index is 0.0310. The van der Waals surface area contributed by atoms with E-state index in [0.717, 1.165) is 0 Å². The van der Waals surface area contributed by atoms with Crippen molar-refractivity contribution in [3.05, 3.63) is 11.3 Å². The third kappa shape index (κ3) is 4.17. The molecule has 1 amide bonds. The van der Waals surface area contributed by atoms with Crippen LogP contribution in [0.15, 0.2) is 0 Å². The number of nitrogens with two attached hydrogens (primary N) is 1. The number of H-pyrrole nitrogens is 1. The van der Waals surface area contributed by atoms with E-state index in [1.54, 1.807) is 6.92 Å². The van der Waals surface area contributed by atoms with Crippen LogP contribution in [-0.4, -0.2) is 33.9 Å². The smallest absolute Gasteiger partial charge is 0.382 e. The maximum Gasteiger partial charge on any atom is 0.441 e. The third-order valence-corrected chi connectivity index (χ3v) is 2.59. The number of carbonyl (C=O) groups is 1. The topological polar surface area (TPSA) is 83.8 Å². The normalized spacial score (nSPS) is 11.5. The van der Waals surface area contributed by atoms with E-state index in [4.69, 9.17) is 5.73 Å². The molecule has 0 radical (unpaired) electrons. The van der Waals surface area contributed by atoms with E-state index in [2.05, 4.69) is 15.5 Å². The van der Waals surface area contributed by atoms with Gasteiger partial charge in [0.1, 0.15) is 5.56 Å². The first-order valence-corrected chi connectivity index (χ1v) is 5.59. The zero-order chi connectivity index (χ0) is 13.1. The van der Waals surface area contributed by atoms with Gasteiger partial charge in [0.2, 0.25) is 0 Å². The Kier molecular flexibility index (Phi) is 4.27. The van der Waals surface area contributed by atoms with E-state index in [0.29, 0.717) is 5.69 Å². The number of alkyl halides is 3. The van der Waals surface area contributed by atoms with Crippen molar-refractivity contribution in [2.75, 3.05) is 18.0 Å². The van der Waals surface area contributed by atoms with Gasteiger partial charge in [-0.05, 0) is 18.7 Å². The molecule has 17 heavy (non-hydrogen) atoms. The lowest BCUT2D eigenvalue weighted by molar-refractivity contribution is -0.0327. The van der Waals surface area contributed by atoms with Crippen molar-refractivity contribution in [3.8, 4) is 0 Å². The third-order valence-electron chi connectivity index (χ3n) is 1.86. The van der Waals surface area contributed by atoms with Crippen LogP contribution in [0.5, 0.6) is 0 Å². The molecule has 0 saturated carbocycles. The molecule has 9 heteroatoms. The number of carbonyl (C=O) groups excluding carboxylic acids is 1.